The molecule has 1 aliphatic heterocycles. The van der Waals surface area contributed by atoms with Crippen LogP contribution in [0, 0.1) is 11.6 Å². The lowest BCUT2D eigenvalue weighted by atomic mass is 9.99. The van der Waals surface area contributed by atoms with E-state index in [-0.39, 0.29) is 29.3 Å². The fraction of sp³-hybridized carbons (Fsp3) is 0.189. The zero-order chi connectivity index (χ0) is 33.2. The number of ether oxygens (including phenoxy) is 3. The van der Waals surface area contributed by atoms with Gasteiger partial charge in [-0.1, -0.05) is 48.5 Å². The highest BCUT2D eigenvalue weighted by Crippen LogP contribution is 2.37. The topological polar surface area (TPSA) is 97.5 Å². The first-order valence-electron chi connectivity index (χ1n) is 15.5. The highest BCUT2D eigenvalue weighted by molar-refractivity contribution is 5.98. The molecular formula is C37H30F2N4O5. The minimum atomic E-state index is -0.718. The Morgan fingerprint density at radius 1 is 0.854 bits per heavy atom. The molecule has 0 fully saturated rings. The Morgan fingerprint density at radius 2 is 1.67 bits per heavy atom. The number of methoxy groups -OCH3 is 1. The van der Waals surface area contributed by atoms with Gasteiger partial charge in [-0.15, -0.1) is 0 Å². The number of nitrogens with zero attached hydrogens (tertiary/aromatic N) is 4. The van der Waals surface area contributed by atoms with E-state index in [1.165, 1.54) is 42.4 Å². The number of carbonyl (C=O) groups excluding carboxylic acids is 1. The molecule has 4 aromatic carbocycles. The van der Waals surface area contributed by atoms with Gasteiger partial charge in [-0.05, 0) is 60.7 Å². The van der Waals surface area contributed by atoms with Gasteiger partial charge >= 0.3 is 0 Å². The molecule has 0 saturated heterocycles. The summed E-state index contributed by atoms with van der Waals surface area (Å²) in [4.78, 5) is 35.7. The second kappa shape index (κ2) is 13.1. The summed E-state index contributed by atoms with van der Waals surface area (Å²) in [6.07, 6.45) is 3.20. The summed E-state index contributed by atoms with van der Waals surface area (Å²) in [7, 11) is 1.51. The smallest absolute Gasteiger partial charge is 0.282 e. The molecule has 0 aliphatic carbocycles. The van der Waals surface area contributed by atoms with Crippen molar-refractivity contribution >= 4 is 16.7 Å². The molecule has 0 spiro atoms. The van der Waals surface area contributed by atoms with Crippen LogP contribution in [0.4, 0.5) is 8.78 Å². The van der Waals surface area contributed by atoms with Crippen LogP contribution in [-0.4, -0.2) is 32.2 Å². The van der Waals surface area contributed by atoms with Gasteiger partial charge in [0.1, 0.15) is 30.0 Å². The summed E-state index contributed by atoms with van der Waals surface area (Å²) in [5.41, 5.74) is 1.92. The lowest BCUT2D eigenvalue weighted by Gasteiger charge is -2.19. The summed E-state index contributed by atoms with van der Waals surface area (Å²) in [5.74, 6) is -0.855. The van der Waals surface area contributed by atoms with E-state index in [9.17, 15) is 14.0 Å². The van der Waals surface area contributed by atoms with Gasteiger partial charge in [-0.25, -0.2) is 23.4 Å². The Hall–Kier alpha value is -5.84. The van der Waals surface area contributed by atoms with Gasteiger partial charge in [0.15, 0.2) is 28.8 Å². The van der Waals surface area contributed by atoms with E-state index >= 15 is 4.39 Å². The van der Waals surface area contributed by atoms with Crippen LogP contribution in [0.5, 0.6) is 23.1 Å². The Morgan fingerprint density at radius 3 is 2.46 bits per heavy atom. The highest BCUT2D eigenvalue weighted by Gasteiger charge is 2.28. The number of benzene rings is 4. The third-order valence-electron chi connectivity index (χ3n) is 8.33. The maximum absolute atomic E-state index is 15.4. The molecule has 11 heteroatoms. The Labute approximate surface area is 274 Å². The monoisotopic (exact) mass is 648 g/mol. The molecule has 0 unspecified atom stereocenters. The zero-order valence-electron chi connectivity index (χ0n) is 26.0. The minimum absolute atomic E-state index is 0.00667. The van der Waals surface area contributed by atoms with Crippen LogP contribution >= 0.6 is 0 Å². The predicted molar refractivity (Wildman–Crippen MR) is 174 cm³/mol. The van der Waals surface area contributed by atoms with Crippen molar-refractivity contribution in [2.45, 2.75) is 38.8 Å². The van der Waals surface area contributed by atoms with Crippen LogP contribution in [0.25, 0.3) is 16.6 Å². The molecule has 3 heterocycles. The van der Waals surface area contributed by atoms with Gasteiger partial charge in [-0.2, -0.15) is 0 Å². The molecule has 6 aromatic rings. The summed E-state index contributed by atoms with van der Waals surface area (Å²) in [6.45, 7) is 0.810. The van der Waals surface area contributed by atoms with E-state index in [2.05, 4.69) is 9.97 Å². The van der Waals surface area contributed by atoms with Crippen LogP contribution in [0.2, 0.25) is 0 Å². The zero-order valence-corrected chi connectivity index (χ0v) is 26.0. The number of Topliss-reactive ketones (excluding diaryl/α,β-unsaturated/α-hetero) is 1. The molecule has 1 aliphatic rings. The summed E-state index contributed by atoms with van der Waals surface area (Å²) in [5, 5.41) is 0.477. The van der Waals surface area contributed by atoms with E-state index in [0.717, 1.165) is 18.4 Å². The maximum Gasteiger partial charge on any atom is 0.282 e. The first-order chi connectivity index (χ1) is 23.4. The van der Waals surface area contributed by atoms with Crippen molar-refractivity contribution in [2.24, 2.45) is 0 Å². The van der Waals surface area contributed by atoms with Gasteiger partial charge in [0.25, 0.3) is 5.56 Å². The molecule has 0 bridgehead atoms. The van der Waals surface area contributed by atoms with Crippen LogP contribution in [-0.2, 0) is 26.0 Å². The second-order valence-corrected chi connectivity index (χ2v) is 11.4. The average Bonchev–Trinajstić information content (AvgIpc) is 3.40. The van der Waals surface area contributed by atoms with Crippen LogP contribution < -0.4 is 19.8 Å². The standard InChI is InChI=1S/C37H30F2N4O5/c1-46-33-19-25-28(20-34(33)47-21-23-9-3-2-4-10-23)40-22-41-36(25)48-32-15-14-24(17-27(32)39)18-31(44)35-30-13-7-8-16-42(30)43(37(35)45)29-12-6-5-11-26(29)38/h2-6,9-12,14-15,17,19-20,22H,7-8,13,16,18,21H2,1H3. The number of fused-ring (bicyclic) bond motifs is 2. The van der Waals surface area contributed by atoms with Crippen molar-refractivity contribution < 1.29 is 27.8 Å². The second-order valence-electron chi connectivity index (χ2n) is 11.4. The molecule has 0 N–H and O–H groups in total. The van der Waals surface area contributed by atoms with E-state index in [1.807, 2.05) is 30.3 Å². The molecule has 48 heavy (non-hydrogen) atoms. The van der Waals surface area contributed by atoms with E-state index < -0.39 is 23.0 Å². The van der Waals surface area contributed by atoms with Crippen LogP contribution in [0.1, 0.15) is 40.0 Å². The largest absolute Gasteiger partial charge is 0.493 e. The van der Waals surface area contributed by atoms with Crippen molar-refractivity contribution in [1.82, 2.24) is 19.3 Å². The number of rotatable bonds is 10. The Balaban J connectivity index is 1.13. The minimum Gasteiger partial charge on any atom is -0.493 e. The van der Waals surface area contributed by atoms with Crippen molar-refractivity contribution in [3.63, 3.8) is 0 Å². The van der Waals surface area contributed by atoms with E-state index in [0.29, 0.717) is 53.2 Å². The molecule has 0 radical (unpaired) electrons. The van der Waals surface area contributed by atoms with Gasteiger partial charge in [-0.3, -0.25) is 14.3 Å². The van der Waals surface area contributed by atoms with Crippen LogP contribution in [0.15, 0.2) is 96.1 Å². The number of carbonyl (C=O) groups is 1. The quantitative estimate of drug-likeness (QED) is 0.148. The third-order valence-corrected chi connectivity index (χ3v) is 8.33. The normalized spacial score (nSPS) is 12.5. The van der Waals surface area contributed by atoms with E-state index in [1.54, 1.807) is 35.0 Å². The number of para-hydroxylation sites is 1. The van der Waals surface area contributed by atoms with Gasteiger partial charge in [0, 0.05) is 19.0 Å². The summed E-state index contributed by atoms with van der Waals surface area (Å²) in [6, 6.07) is 23.2. The highest BCUT2D eigenvalue weighted by atomic mass is 19.1. The first-order valence-corrected chi connectivity index (χ1v) is 15.5. The SMILES string of the molecule is COc1cc2c(Oc3ccc(CC(=O)c4c5n(n(-c6ccccc6F)c4=O)CCCC5)cc3F)ncnc2cc1OCc1ccccc1. The van der Waals surface area contributed by atoms with Crippen molar-refractivity contribution in [2.75, 3.05) is 7.11 Å². The summed E-state index contributed by atoms with van der Waals surface area (Å²) >= 11 is 0. The molecule has 9 nitrogen and oxygen atoms in total. The Bertz CT molecular complexity index is 2210. The van der Waals surface area contributed by atoms with Gasteiger partial charge in [0.05, 0.1) is 23.7 Å². The average molecular weight is 649 g/mol. The third kappa shape index (κ3) is 5.90. The lowest BCUT2D eigenvalue weighted by Crippen LogP contribution is -2.25. The van der Waals surface area contributed by atoms with E-state index in [4.69, 9.17) is 14.2 Å². The maximum atomic E-state index is 15.4. The Kier molecular flexibility index (Phi) is 8.41. The molecule has 0 atom stereocenters. The van der Waals surface area contributed by atoms with Crippen LogP contribution in [0.3, 0.4) is 0 Å². The van der Waals surface area contributed by atoms with Crippen molar-refractivity contribution in [3.05, 3.63) is 136 Å². The van der Waals surface area contributed by atoms with Gasteiger partial charge < -0.3 is 14.2 Å². The number of halogens is 2. The number of hydrogen-bond donors (Lipinski definition) is 0. The number of hydrogen-bond acceptors (Lipinski definition) is 7. The molecular weight excluding hydrogens is 618 g/mol. The molecule has 2 aromatic heterocycles. The predicted octanol–water partition coefficient (Wildman–Crippen LogP) is 7.00. The number of aromatic nitrogens is 4. The van der Waals surface area contributed by atoms with Crippen molar-refractivity contribution in [1.29, 1.82) is 0 Å². The van der Waals surface area contributed by atoms with Gasteiger partial charge in [0.2, 0.25) is 5.88 Å². The summed E-state index contributed by atoms with van der Waals surface area (Å²) < 4.78 is 50.5. The molecule has 7 rings (SSSR count). The van der Waals surface area contributed by atoms with Crippen molar-refractivity contribution in [3.8, 4) is 28.8 Å². The lowest BCUT2D eigenvalue weighted by molar-refractivity contribution is 0.0990. The first kappa shape index (κ1) is 30.8. The molecule has 0 saturated carbocycles. The molecule has 0 amide bonds. The number of ketones is 1. The fourth-order valence-electron chi connectivity index (χ4n) is 6.02. The molecule has 242 valence electrons. The fourth-order valence-corrected chi connectivity index (χ4v) is 6.02.